The van der Waals surface area contributed by atoms with E-state index in [0.717, 1.165) is 36.9 Å². The van der Waals surface area contributed by atoms with Crippen LogP contribution in [0.2, 0.25) is 0 Å². The molecular weight excluding hydrogens is 188 g/mol. The first-order valence-electron chi connectivity index (χ1n) is 5.58. The molecule has 2 N–H and O–H groups in total. The highest BCUT2D eigenvalue weighted by atomic mass is 15.0. The van der Waals surface area contributed by atoms with E-state index in [0.29, 0.717) is 0 Å². The van der Waals surface area contributed by atoms with Gasteiger partial charge >= 0.3 is 0 Å². The van der Waals surface area contributed by atoms with Crippen LogP contribution in [0.15, 0.2) is 12.4 Å². The molecule has 1 aliphatic rings. The first-order chi connectivity index (χ1) is 7.38. The molecule has 2 heterocycles. The van der Waals surface area contributed by atoms with Crippen molar-refractivity contribution < 1.29 is 0 Å². The Balaban J connectivity index is 1.96. The molecule has 82 valence electrons. The van der Waals surface area contributed by atoms with Crippen molar-refractivity contribution in [1.29, 1.82) is 0 Å². The third-order valence-electron chi connectivity index (χ3n) is 2.94. The molecule has 0 bridgehead atoms. The quantitative estimate of drug-likeness (QED) is 0.776. The Hall–Kier alpha value is -1.16. The van der Waals surface area contributed by atoms with E-state index in [2.05, 4.69) is 20.6 Å². The van der Waals surface area contributed by atoms with Crippen LogP contribution in [0.1, 0.15) is 18.5 Å². The van der Waals surface area contributed by atoms with Crippen LogP contribution in [-0.2, 0) is 6.42 Å². The van der Waals surface area contributed by atoms with Crippen molar-refractivity contribution in [3.05, 3.63) is 18.1 Å². The maximum Gasteiger partial charge on any atom is 0.129 e. The van der Waals surface area contributed by atoms with E-state index in [1.165, 1.54) is 12.8 Å². The molecule has 4 heteroatoms. The van der Waals surface area contributed by atoms with Crippen molar-refractivity contribution in [1.82, 2.24) is 15.3 Å². The highest BCUT2D eigenvalue weighted by molar-refractivity contribution is 5.33. The van der Waals surface area contributed by atoms with Crippen LogP contribution >= 0.6 is 0 Å². The summed E-state index contributed by atoms with van der Waals surface area (Å²) >= 11 is 0. The molecule has 2 rings (SSSR count). The Kier molecular flexibility index (Phi) is 3.50. The van der Waals surface area contributed by atoms with E-state index in [4.69, 9.17) is 0 Å². The number of nitrogens with one attached hydrogen (secondary N) is 2. The average Bonchev–Trinajstić information content (AvgIpc) is 2.31. The normalized spacial score (nSPS) is 17.7. The lowest BCUT2D eigenvalue weighted by molar-refractivity contribution is 0.370. The second kappa shape index (κ2) is 5.07. The SMILES string of the molecule is CNc1cc(CC2CCNCC2)ncn1. The number of rotatable bonds is 3. The zero-order valence-corrected chi connectivity index (χ0v) is 9.16. The second-order valence-electron chi connectivity index (χ2n) is 4.04. The second-order valence-corrected chi connectivity index (χ2v) is 4.04. The maximum absolute atomic E-state index is 4.31. The van der Waals surface area contributed by atoms with Crippen molar-refractivity contribution in [2.45, 2.75) is 19.3 Å². The molecule has 1 aromatic rings. The van der Waals surface area contributed by atoms with E-state index in [-0.39, 0.29) is 0 Å². The van der Waals surface area contributed by atoms with Gasteiger partial charge in [-0.25, -0.2) is 9.97 Å². The van der Waals surface area contributed by atoms with Gasteiger partial charge in [0.2, 0.25) is 0 Å². The number of piperidine rings is 1. The molecule has 1 fully saturated rings. The van der Waals surface area contributed by atoms with Crippen molar-refractivity contribution in [3.8, 4) is 0 Å². The molecule has 1 saturated heterocycles. The highest BCUT2D eigenvalue weighted by Gasteiger charge is 2.14. The van der Waals surface area contributed by atoms with E-state index in [9.17, 15) is 0 Å². The monoisotopic (exact) mass is 206 g/mol. The fraction of sp³-hybridized carbons (Fsp3) is 0.636. The molecule has 0 spiro atoms. The molecule has 0 unspecified atom stereocenters. The van der Waals surface area contributed by atoms with E-state index < -0.39 is 0 Å². The smallest absolute Gasteiger partial charge is 0.129 e. The van der Waals surface area contributed by atoms with Gasteiger partial charge in [-0.1, -0.05) is 0 Å². The molecule has 0 atom stereocenters. The summed E-state index contributed by atoms with van der Waals surface area (Å²) in [5, 5.41) is 6.42. The minimum absolute atomic E-state index is 0.783. The fourth-order valence-corrected chi connectivity index (χ4v) is 2.03. The fourth-order valence-electron chi connectivity index (χ4n) is 2.03. The maximum atomic E-state index is 4.31. The van der Waals surface area contributed by atoms with Crippen LogP contribution in [-0.4, -0.2) is 30.1 Å². The predicted molar refractivity (Wildman–Crippen MR) is 60.9 cm³/mol. The summed E-state index contributed by atoms with van der Waals surface area (Å²) in [6.07, 6.45) is 5.25. The Morgan fingerprint density at radius 2 is 2.20 bits per heavy atom. The van der Waals surface area contributed by atoms with Gasteiger partial charge in [-0.05, 0) is 38.3 Å². The molecule has 0 saturated carbocycles. The summed E-state index contributed by atoms with van der Waals surface area (Å²) in [6, 6.07) is 2.04. The Morgan fingerprint density at radius 1 is 1.40 bits per heavy atom. The summed E-state index contributed by atoms with van der Waals surface area (Å²) in [5.74, 6) is 1.69. The van der Waals surface area contributed by atoms with Crippen LogP contribution in [0, 0.1) is 5.92 Å². The number of hydrogen-bond acceptors (Lipinski definition) is 4. The number of hydrogen-bond donors (Lipinski definition) is 2. The lowest BCUT2D eigenvalue weighted by Gasteiger charge is -2.22. The zero-order valence-electron chi connectivity index (χ0n) is 9.16. The van der Waals surface area contributed by atoms with Crippen molar-refractivity contribution in [3.63, 3.8) is 0 Å². The van der Waals surface area contributed by atoms with Gasteiger partial charge in [0.05, 0.1) is 0 Å². The third-order valence-corrected chi connectivity index (χ3v) is 2.94. The minimum Gasteiger partial charge on any atom is -0.373 e. The van der Waals surface area contributed by atoms with Crippen molar-refractivity contribution >= 4 is 5.82 Å². The first kappa shape index (κ1) is 10.4. The Bertz CT molecular complexity index is 307. The van der Waals surface area contributed by atoms with Crippen molar-refractivity contribution in [2.24, 2.45) is 5.92 Å². The van der Waals surface area contributed by atoms with Gasteiger partial charge in [-0.15, -0.1) is 0 Å². The summed E-state index contributed by atoms with van der Waals surface area (Å²) in [7, 11) is 1.89. The van der Waals surface area contributed by atoms with Crippen LogP contribution < -0.4 is 10.6 Å². The largest absolute Gasteiger partial charge is 0.373 e. The van der Waals surface area contributed by atoms with Gasteiger partial charge in [0.1, 0.15) is 12.1 Å². The summed E-state index contributed by atoms with van der Waals surface area (Å²) in [5.41, 5.74) is 1.15. The number of anilines is 1. The molecule has 1 aliphatic heterocycles. The molecular formula is C11H18N4. The van der Waals surface area contributed by atoms with Gasteiger partial charge in [-0.3, -0.25) is 0 Å². The third kappa shape index (κ3) is 2.89. The molecule has 0 aromatic carbocycles. The molecule has 15 heavy (non-hydrogen) atoms. The van der Waals surface area contributed by atoms with Gasteiger partial charge in [0.25, 0.3) is 0 Å². The topological polar surface area (TPSA) is 49.8 Å². The van der Waals surface area contributed by atoms with Gasteiger partial charge < -0.3 is 10.6 Å². The molecule has 4 nitrogen and oxygen atoms in total. The van der Waals surface area contributed by atoms with Crippen LogP contribution in [0.3, 0.4) is 0 Å². The molecule has 0 aliphatic carbocycles. The lowest BCUT2D eigenvalue weighted by Crippen LogP contribution is -2.28. The van der Waals surface area contributed by atoms with Gasteiger partial charge in [0, 0.05) is 18.8 Å². The molecule has 0 amide bonds. The standard InChI is InChI=1S/C11H18N4/c1-12-11-7-10(14-8-15-11)6-9-2-4-13-5-3-9/h7-9,13H,2-6H2,1H3,(H,12,14,15). The Labute approximate surface area is 90.5 Å². The first-order valence-corrected chi connectivity index (χ1v) is 5.58. The lowest BCUT2D eigenvalue weighted by atomic mass is 9.93. The van der Waals surface area contributed by atoms with Crippen LogP contribution in [0.4, 0.5) is 5.82 Å². The number of aromatic nitrogens is 2. The molecule has 0 radical (unpaired) electrons. The highest BCUT2D eigenvalue weighted by Crippen LogP contribution is 2.17. The van der Waals surface area contributed by atoms with E-state index in [1.807, 2.05) is 13.1 Å². The van der Waals surface area contributed by atoms with Crippen molar-refractivity contribution in [2.75, 3.05) is 25.5 Å². The van der Waals surface area contributed by atoms with E-state index >= 15 is 0 Å². The average molecular weight is 206 g/mol. The molecule has 1 aromatic heterocycles. The van der Waals surface area contributed by atoms with E-state index in [1.54, 1.807) is 6.33 Å². The van der Waals surface area contributed by atoms with Crippen LogP contribution in [0.5, 0.6) is 0 Å². The predicted octanol–water partition coefficient (Wildman–Crippen LogP) is 1.06. The number of nitrogens with zero attached hydrogens (tertiary/aromatic N) is 2. The Morgan fingerprint density at radius 3 is 2.93 bits per heavy atom. The minimum atomic E-state index is 0.783. The van der Waals surface area contributed by atoms with Crippen LogP contribution in [0.25, 0.3) is 0 Å². The summed E-state index contributed by atoms with van der Waals surface area (Å²) in [4.78, 5) is 8.43. The van der Waals surface area contributed by atoms with Gasteiger partial charge in [-0.2, -0.15) is 0 Å². The van der Waals surface area contributed by atoms with Gasteiger partial charge in [0.15, 0.2) is 0 Å². The summed E-state index contributed by atoms with van der Waals surface area (Å²) < 4.78 is 0. The summed E-state index contributed by atoms with van der Waals surface area (Å²) in [6.45, 7) is 2.29. The zero-order chi connectivity index (χ0) is 10.5.